The highest BCUT2D eigenvalue weighted by Crippen LogP contribution is 2.55. The second-order valence-electron chi connectivity index (χ2n) is 7.60. The molecule has 134 valence electrons. The Hall–Kier alpha value is -1.59. The second-order valence-corrected chi connectivity index (χ2v) is 7.60. The Balaban J connectivity index is 1.50. The van der Waals surface area contributed by atoms with Crippen molar-refractivity contribution in [2.45, 2.75) is 65.1 Å². The highest BCUT2D eigenvalue weighted by molar-refractivity contribution is 5.80. The van der Waals surface area contributed by atoms with Crippen molar-refractivity contribution >= 4 is 17.9 Å². The van der Waals surface area contributed by atoms with Gasteiger partial charge in [0.1, 0.15) is 12.2 Å². The first-order valence-electron chi connectivity index (χ1n) is 8.96. The molecule has 6 atom stereocenters. The largest absolute Gasteiger partial charge is 0.458 e. The molecule has 0 radical (unpaired) electrons. The molecule has 24 heavy (non-hydrogen) atoms. The van der Waals surface area contributed by atoms with Crippen LogP contribution in [0.4, 0.5) is 0 Å². The third-order valence-electron chi connectivity index (χ3n) is 6.08. The summed E-state index contributed by atoms with van der Waals surface area (Å²) in [5.74, 6) is -0.699. The van der Waals surface area contributed by atoms with Gasteiger partial charge in [-0.1, -0.05) is 20.3 Å². The molecule has 2 bridgehead atoms. The maximum Gasteiger partial charge on any atom is 0.344 e. The number of hydrogen-bond acceptors (Lipinski definition) is 6. The first-order chi connectivity index (χ1) is 11.4. The Morgan fingerprint density at radius 2 is 2.04 bits per heavy atom. The van der Waals surface area contributed by atoms with Gasteiger partial charge < -0.3 is 14.2 Å². The predicted molar refractivity (Wildman–Crippen MR) is 83.7 cm³/mol. The van der Waals surface area contributed by atoms with Crippen LogP contribution < -0.4 is 0 Å². The standard InChI is InChI=1S/C18H26O6/c1-4-6-18(3,5-2)17(21)22-9-13(19)23-14-10-7-11-12(8-10)16(20)24-15(11)14/h10-12,14-15H,4-9H2,1-3H3. The molecule has 0 spiro atoms. The first-order valence-corrected chi connectivity index (χ1v) is 8.96. The molecule has 3 aliphatic rings. The number of ether oxygens (including phenoxy) is 3. The molecule has 1 aliphatic heterocycles. The van der Waals surface area contributed by atoms with Gasteiger partial charge in [0.15, 0.2) is 6.61 Å². The summed E-state index contributed by atoms with van der Waals surface area (Å²) in [5, 5.41) is 0. The van der Waals surface area contributed by atoms with Crippen LogP contribution >= 0.6 is 0 Å². The van der Waals surface area contributed by atoms with Crippen LogP contribution in [-0.2, 0) is 28.6 Å². The fourth-order valence-electron chi connectivity index (χ4n) is 4.52. The van der Waals surface area contributed by atoms with E-state index in [-0.39, 0.29) is 48.5 Å². The summed E-state index contributed by atoms with van der Waals surface area (Å²) in [5.41, 5.74) is -0.560. The van der Waals surface area contributed by atoms with E-state index >= 15 is 0 Å². The summed E-state index contributed by atoms with van der Waals surface area (Å²) in [6.07, 6.45) is 3.21. The minimum atomic E-state index is -0.560. The minimum absolute atomic E-state index is 0.00733. The van der Waals surface area contributed by atoms with Crippen LogP contribution in [0.3, 0.4) is 0 Å². The molecule has 6 unspecified atom stereocenters. The Morgan fingerprint density at radius 1 is 1.29 bits per heavy atom. The summed E-state index contributed by atoms with van der Waals surface area (Å²) in [6, 6.07) is 0. The van der Waals surface area contributed by atoms with Crippen molar-refractivity contribution in [2.75, 3.05) is 6.61 Å². The summed E-state index contributed by atoms with van der Waals surface area (Å²) in [4.78, 5) is 36.0. The Morgan fingerprint density at radius 3 is 2.71 bits per heavy atom. The van der Waals surface area contributed by atoms with Gasteiger partial charge in [-0.15, -0.1) is 0 Å². The SMILES string of the molecule is CCCC(C)(CC)C(=O)OCC(=O)OC1C2CC3C(=O)OC1C3C2. The zero-order valence-corrected chi connectivity index (χ0v) is 14.6. The van der Waals surface area contributed by atoms with Crippen molar-refractivity contribution in [1.82, 2.24) is 0 Å². The average molecular weight is 338 g/mol. The third kappa shape index (κ3) is 2.80. The van der Waals surface area contributed by atoms with E-state index < -0.39 is 11.4 Å². The normalized spacial score (nSPS) is 35.5. The van der Waals surface area contributed by atoms with Gasteiger partial charge in [-0.2, -0.15) is 0 Å². The van der Waals surface area contributed by atoms with E-state index in [1.165, 1.54) is 0 Å². The molecule has 3 fully saturated rings. The lowest BCUT2D eigenvalue weighted by atomic mass is 9.83. The zero-order valence-electron chi connectivity index (χ0n) is 14.6. The quantitative estimate of drug-likeness (QED) is 0.523. The monoisotopic (exact) mass is 338 g/mol. The van der Waals surface area contributed by atoms with Gasteiger partial charge in [0.25, 0.3) is 0 Å². The number of carbonyl (C=O) groups is 3. The van der Waals surface area contributed by atoms with E-state index in [0.29, 0.717) is 6.42 Å². The molecular formula is C18H26O6. The zero-order chi connectivity index (χ0) is 17.5. The minimum Gasteiger partial charge on any atom is -0.458 e. The lowest BCUT2D eigenvalue weighted by Gasteiger charge is -2.27. The van der Waals surface area contributed by atoms with Crippen molar-refractivity contribution in [3.63, 3.8) is 0 Å². The highest BCUT2D eigenvalue weighted by atomic mass is 16.6. The van der Waals surface area contributed by atoms with Crippen LogP contribution in [0.1, 0.15) is 52.9 Å². The topological polar surface area (TPSA) is 78.9 Å². The van der Waals surface area contributed by atoms with Crippen molar-refractivity contribution < 1.29 is 28.6 Å². The van der Waals surface area contributed by atoms with Crippen LogP contribution in [0.2, 0.25) is 0 Å². The van der Waals surface area contributed by atoms with Crippen molar-refractivity contribution in [1.29, 1.82) is 0 Å². The molecular weight excluding hydrogens is 312 g/mol. The van der Waals surface area contributed by atoms with Crippen LogP contribution in [0.15, 0.2) is 0 Å². The summed E-state index contributed by atoms with van der Waals surface area (Å²) >= 11 is 0. The second kappa shape index (κ2) is 6.37. The van der Waals surface area contributed by atoms with Crippen molar-refractivity contribution in [3.05, 3.63) is 0 Å². The molecule has 2 aliphatic carbocycles. The number of esters is 3. The summed E-state index contributed by atoms with van der Waals surface area (Å²) in [6.45, 7) is 5.43. The molecule has 0 aromatic heterocycles. The number of carbonyl (C=O) groups excluding carboxylic acids is 3. The molecule has 0 amide bonds. The lowest BCUT2D eigenvalue weighted by Crippen LogP contribution is -2.38. The van der Waals surface area contributed by atoms with Crippen molar-refractivity contribution in [2.24, 2.45) is 23.2 Å². The van der Waals surface area contributed by atoms with Crippen molar-refractivity contribution in [3.8, 4) is 0 Å². The molecule has 3 rings (SSSR count). The number of rotatable bonds is 7. The van der Waals surface area contributed by atoms with Gasteiger partial charge in [0, 0.05) is 11.8 Å². The maximum absolute atomic E-state index is 12.2. The molecule has 1 saturated heterocycles. The Bertz CT molecular complexity index is 544. The average Bonchev–Trinajstić information content (AvgIpc) is 3.17. The van der Waals surface area contributed by atoms with Crippen LogP contribution in [0, 0.1) is 23.2 Å². The molecule has 0 aromatic carbocycles. The fraction of sp³-hybridized carbons (Fsp3) is 0.833. The molecule has 6 nitrogen and oxygen atoms in total. The van der Waals surface area contributed by atoms with Crippen LogP contribution in [0.5, 0.6) is 0 Å². The van der Waals surface area contributed by atoms with Gasteiger partial charge in [0.2, 0.25) is 0 Å². The Kier molecular flexibility index (Phi) is 4.58. The van der Waals surface area contributed by atoms with Gasteiger partial charge in [0.05, 0.1) is 11.3 Å². The molecule has 2 saturated carbocycles. The Labute approximate surface area is 142 Å². The van der Waals surface area contributed by atoms with Gasteiger partial charge in [-0.05, 0) is 32.6 Å². The van der Waals surface area contributed by atoms with E-state index in [4.69, 9.17) is 14.2 Å². The molecule has 0 N–H and O–H groups in total. The van der Waals surface area contributed by atoms with Crippen LogP contribution in [-0.4, -0.2) is 36.7 Å². The van der Waals surface area contributed by atoms with Gasteiger partial charge in [-0.3, -0.25) is 9.59 Å². The first kappa shape index (κ1) is 17.2. The van der Waals surface area contributed by atoms with E-state index in [9.17, 15) is 14.4 Å². The number of hydrogen-bond donors (Lipinski definition) is 0. The molecule has 6 heteroatoms. The number of fused-ring (bicyclic) bond motifs is 1. The summed E-state index contributed by atoms with van der Waals surface area (Å²) < 4.78 is 16.0. The van der Waals surface area contributed by atoms with Gasteiger partial charge in [-0.25, -0.2) is 4.79 Å². The van der Waals surface area contributed by atoms with Gasteiger partial charge >= 0.3 is 17.9 Å². The van der Waals surface area contributed by atoms with E-state index in [2.05, 4.69) is 0 Å². The smallest absolute Gasteiger partial charge is 0.344 e. The molecule has 1 heterocycles. The predicted octanol–water partition coefficient (Wildman–Crippen LogP) is 2.24. The summed E-state index contributed by atoms with van der Waals surface area (Å²) in [7, 11) is 0. The fourth-order valence-corrected chi connectivity index (χ4v) is 4.52. The lowest BCUT2D eigenvalue weighted by molar-refractivity contribution is -0.173. The maximum atomic E-state index is 12.2. The highest BCUT2D eigenvalue weighted by Gasteiger charge is 2.63. The van der Waals surface area contributed by atoms with E-state index in [1.807, 2.05) is 20.8 Å². The molecule has 0 aromatic rings. The third-order valence-corrected chi connectivity index (χ3v) is 6.08. The van der Waals surface area contributed by atoms with Crippen LogP contribution in [0.25, 0.3) is 0 Å². The van der Waals surface area contributed by atoms with E-state index in [0.717, 1.165) is 25.7 Å². The van der Waals surface area contributed by atoms with E-state index in [1.54, 1.807) is 0 Å².